The van der Waals surface area contributed by atoms with Crippen LogP contribution in [0.3, 0.4) is 0 Å². The van der Waals surface area contributed by atoms with E-state index in [-0.39, 0.29) is 17.2 Å². The highest BCUT2D eigenvalue weighted by Gasteiger charge is 2.42. The molecule has 1 aliphatic carbocycles. The van der Waals surface area contributed by atoms with Gasteiger partial charge in [0.25, 0.3) is 0 Å². The van der Waals surface area contributed by atoms with Gasteiger partial charge < -0.3 is 5.32 Å². The van der Waals surface area contributed by atoms with Gasteiger partial charge in [0.15, 0.2) is 9.84 Å². The Bertz CT molecular complexity index is 588. The van der Waals surface area contributed by atoms with Crippen molar-refractivity contribution in [3.63, 3.8) is 0 Å². The topological polar surface area (TPSA) is 46.2 Å². The molecule has 118 valence electrons. The van der Waals surface area contributed by atoms with Gasteiger partial charge in [0.05, 0.1) is 10.1 Å². The van der Waals surface area contributed by atoms with Crippen LogP contribution in [0.2, 0.25) is 5.02 Å². The molecule has 1 N–H and O–H groups in total. The minimum absolute atomic E-state index is 0.0118. The van der Waals surface area contributed by atoms with Crippen molar-refractivity contribution in [3.05, 3.63) is 29.3 Å². The molecular formula is C16H24ClNO2S. The van der Waals surface area contributed by atoms with Crippen molar-refractivity contribution >= 4 is 21.4 Å². The van der Waals surface area contributed by atoms with Crippen molar-refractivity contribution in [1.29, 1.82) is 0 Å². The van der Waals surface area contributed by atoms with Crippen LogP contribution in [0.4, 0.5) is 0 Å². The summed E-state index contributed by atoms with van der Waals surface area (Å²) in [5.74, 6) is 0.691. The van der Waals surface area contributed by atoms with Gasteiger partial charge in [-0.1, -0.05) is 38.4 Å². The molecule has 0 heterocycles. The number of hydrogen-bond acceptors (Lipinski definition) is 3. The van der Waals surface area contributed by atoms with Crippen molar-refractivity contribution < 1.29 is 8.42 Å². The Morgan fingerprint density at radius 1 is 1.29 bits per heavy atom. The van der Waals surface area contributed by atoms with E-state index < -0.39 is 9.84 Å². The summed E-state index contributed by atoms with van der Waals surface area (Å²) in [6.07, 6.45) is 1.86. The van der Waals surface area contributed by atoms with Gasteiger partial charge in [-0.3, -0.25) is 0 Å². The molecule has 0 saturated heterocycles. The number of nitrogens with one attached hydrogen (secondary N) is 1. The highest BCUT2D eigenvalue weighted by molar-refractivity contribution is 7.92. The Hall–Kier alpha value is -0.580. The fourth-order valence-corrected chi connectivity index (χ4v) is 6.11. The molecule has 0 aromatic heterocycles. The van der Waals surface area contributed by atoms with Gasteiger partial charge >= 0.3 is 0 Å². The lowest BCUT2D eigenvalue weighted by molar-refractivity contribution is 0.244. The van der Waals surface area contributed by atoms with Gasteiger partial charge in [0.2, 0.25) is 0 Å². The van der Waals surface area contributed by atoms with E-state index in [1.165, 1.54) is 0 Å². The first-order valence-electron chi connectivity index (χ1n) is 7.59. The Morgan fingerprint density at radius 2 is 2.00 bits per heavy atom. The molecule has 1 aliphatic rings. The van der Waals surface area contributed by atoms with Crippen molar-refractivity contribution in [2.45, 2.75) is 49.8 Å². The Labute approximate surface area is 133 Å². The second kappa shape index (κ2) is 6.67. The lowest BCUT2D eigenvalue weighted by Crippen LogP contribution is -2.51. The summed E-state index contributed by atoms with van der Waals surface area (Å²) < 4.78 is 26.1. The number of rotatable bonds is 4. The van der Waals surface area contributed by atoms with E-state index in [1.54, 1.807) is 24.3 Å². The minimum atomic E-state index is -3.38. The summed E-state index contributed by atoms with van der Waals surface area (Å²) in [7, 11) is -3.38. The Morgan fingerprint density at radius 3 is 2.62 bits per heavy atom. The molecule has 1 saturated carbocycles. The fourth-order valence-electron chi connectivity index (χ4n) is 3.61. The van der Waals surface area contributed by atoms with Crippen LogP contribution in [0, 0.1) is 11.8 Å². The summed E-state index contributed by atoms with van der Waals surface area (Å²) in [6, 6.07) is 6.62. The third kappa shape index (κ3) is 3.61. The van der Waals surface area contributed by atoms with Gasteiger partial charge in [-0.25, -0.2) is 8.42 Å². The molecule has 0 amide bonds. The first-order chi connectivity index (χ1) is 9.86. The van der Waals surface area contributed by atoms with Crippen LogP contribution in [-0.4, -0.2) is 26.3 Å². The first-order valence-corrected chi connectivity index (χ1v) is 9.51. The highest BCUT2D eigenvalue weighted by Crippen LogP contribution is 2.36. The van der Waals surface area contributed by atoms with Crippen LogP contribution in [0.25, 0.3) is 0 Å². The molecule has 4 atom stereocenters. The molecule has 1 fully saturated rings. The molecule has 0 spiro atoms. The maximum absolute atomic E-state index is 13.0. The van der Waals surface area contributed by atoms with E-state index >= 15 is 0 Å². The van der Waals surface area contributed by atoms with E-state index in [9.17, 15) is 8.42 Å². The second-order valence-corrected chi connectivity index (χ2v) is 8.73. The average Bonchev–Trinajstić information content (AvgIpc) is 2.37. The first kappa shape index (κ1) is 16.8. The summed E-state index contributed by atoms with van der Waals surface area (Å²) in [5, 5.41) is 3.46. The van der Waals surface area contributed by atoms with Crippen molar-refractivity contribution in [3.8, 4) is 0 Å². The van der Waals surface area contributed by atoms with Crippen LogP contribution in [-0.2, 0) is 9.84 Å². The third-order valence-electron chi connectivity index (χ3n) is 4.34. The predicted molar refractivity (Wildman–Crippen MR) is 87.5 cm³/mol. The maximum atomic E-state index is 13.0. The Balaban J connectivity index is 2.40. The standard InChI is InChI=1S/C16H24ClNO2S/c1-4-18-15-9-11(2)8-12(3)16(15)21(19,20)14-7-5-6-13(17)10-14/h5-7,10-12,15-16,18H,4,8-9H2,1-3H3. The predicted octanol–water partition coefficient (Wildman–Crippen LogP) is 3.53. The second-order valence-electron chi connectivity index (χ2n) is 6.19. The van der Waals surface area contributed by atoms with Crippen LogP contribution in [0.5, 0.6) is 0 Å². The van der Waals surface area contributed by atoms with Gasteiger partial charge in [-0.05, 0) is 49.4 Å². The van der Waals surface area contributed by atoms with E-state index in [2.05, 4.69) is 12.2 Å². The number of sulfone groups is 1. The van der Waals surface area contributed by atoms with Crippen molar-refractivity contribution in [2.24, 2.45) is 11.8 Å². The number of benzene rings is 1. The van der Waals surface area contributed by atoms with Crippen molar-refractivity contribution in [2.75, 3.05) is 6.54 Å². The largest absolute Gasteiger partial charge is 0.313 e. The molecule has 3 nitrogen and oxygen atoms in total. The van der Waals surface area contributed by atoms with E-state index in [4.69, 9.17) is 11.6 Å². The molecule has 4 unspecified atom stereocenters. The maximum Gasteiger partial charge on any atom is 0.183 e. The van der Waals surface area contributed by atoms with Crippen LogP contribution in [0.1, 0.15) is 33.6 Å². The summed E-state index contributed by atoms with van der Waals surface area (Å²) in [6.45, 7) is 7.05. The lowest BCUT2D eigenvalue weighted by Gasteiger charge is -2.39. The van der Waals surface area contributed by atoms with Crippen LogP contribution < -0.4 is 5.32 Å². The quantitative estimate of drug-likeness (QED) is 0.919. The average molecular weight is 330 g/mol. The van der Waals surface area contributed by atoms with E-state index in [0.717, 1.165) is 19.4 Å². The lowest BCUT2D eigenvalue weighted by atomic mass is 9.80. The van der Waals surface area contributed by atoms with Gasteiger partial charge in [0, 0.05) is 11.1 Å². The molecule has 2 rings (SSSR count). The monoisotopic (exact) mass is 329 g/mol. The molecule has 0 radical (unpaired) electrons. The highest BCUT2D eigenvalue weighted by atomic mass is 35.5. The smallest absolute Gasteiger partial charge is 0.183 e. The van der Waals surface area contributed by atoms with Gasteiger partial charge in [-0.15, -0.1) is 0 Å². The molecule has 1 aromatic carbocycles. The van der Waals surface area contributed by atoms with Gasteiger partial charge in [0.1, 0.15) is 0 Å². The van der Waals surface area contributed by atoms with E-state index in [1.807, 2.05) is 13.8 Å². The normalized spacial score (nSPS) is 30.3. The van der Waals surface area contributed by atoms with Crippen LogP contribution >= 0.6 is 11.6 Å². The number of halogens is 1. The minimum Gasteiger partial charge on any atom is -0.313 e. The summed E-state index contributed by atoms with van der Waals surface area (Å²) in [5.41, 5.74) is 0. The molecule has 1 aromatic rings. The van der Waals surface area contributed by atoms with Crippen LogP contribution in [0.15, 0.2) is 29.2 Å². The molecule has 21 heavy (non-hydrogen) atoms. The fraction of sp³-hybridized carbons (Fsp3) is 0.625. The Kier molecular flexibility index (Phi) is 5.33. The zero-order chi connectivity index (χ0) is 15.6. The van der Waals surface area contributed by atoms with Gasteiger partial charge in [-0.2, -0.15) is 0 Å². The molecule has 0 aliphatic heterocycles. The SMILES string of the molecule is CCNC1CC(C)CC(C)C1S(=O)(=O)c1cccc(Cl)c1. The summed E-state index contributed by atoms with van der Waals surface area (Å²) >= 11 is 5.97. The van der Waals surface area contributed by atoms with E-state index in [0.29, 0.717) is 15.8 Å². The molecular weight excluding hydrogens is 306 g/mol. The summed E-state index contributed by atoms with van der Waals surface area (Å²) in [4.78, 5) is 0.337. The molecule has 5 heteroatoms. The van der Waals surface area contributed by atoms with Crippen molar-refractivity contribution in [1.82, 2.24) is 5.32 Å². The number of hydrogen-bond donors (Lipinski definition) is 1. The third-order valence-corrected chi connectivity index (χ3v) is 6.99. The zero-order valence-electron chi connectivity index (χ0n) is 12.8. The zero-order valence-corrected chi connectivity index (χ0v) is 14.4. The molecule has 0 bridgehead atoms.